The minimum Gasteiger partial charge on any atom is -0.377 e. The average molecular weight is 261 g/mol. The van der Waals surface area contributed by atoms with Gasteiger partial charge in [-0.2, -0.15) is 0 Å². The first kappa shape index (κ1) is 14.7. The second kappa shape index (κ2) is 6.52. The molecule has 0 atom stereocenters. The van der Waals surface area contributed by atoms with E-state index in [0.29, 0.717) is 32.2 Å². The predicted molar refractivity (Wildman–Crippen MR) is 69.4 cm³/mol. The van der Waals surface area contributed by atoms with Crippen molar-refractivity contribution in [3.63, 3.8) is 0 Å². The molecule has 0 aromatic carbocycles. The van der Waals surface area contributed by atoms with Crippen LogP contribution in [0.3, 0.4) is 0 Å². The molecule has 0 aromatic rings. The molecule has 1 fully saturated rings. The summed E-state index contributed by atoms with van der Waals surface area (Å²) >= 11 is 0. The monoisotopic (exact) mass is 261 g/mol. The highest BCUT2D eigenvalue weighted by Gasteiger charge is 2.29. The van der Waals surface area contributed by atoms with E-state index in [-0.39, 0.29) is 5.25 Å². The van der Waals surface area contributed by atoms with E-state index in [2.05, 4.69) is 6.58 Å². The summed E-state index contributed by atoms with van der Waals surface area (Å²) < 4.78 is 30.9. The summed E-state index contributed by atoms with van der Waals surface area (Å²) in [4.78, 5) is 0. The van der Waals surface area contributed by atoms with Gasteiger partial charge in [0.1, 0.15) is 0 Å². The molecule has 0 N–H and O–H groups in total. The number of ether oxygens (including phenoxy) is 1. The maximum atomic E-state index is 11.9. The van der Waals surface area contributed by atoms with Crippen LogP contribution >= 0.6 is 0 Å². The van der Waals surface area contributed by atoms with E-state index in [9.17, 15) is 8.42 Å². The van der Waals surface area contributed by atoms with Gasteiger partial charge in [-0.05, 0) is 32.6 Å². The maximum Gasteiger partial charge on any atom is 0.216 e. The maximum absolute atomic E-state index is 11.9. The Morgan fingerprint density at radius 3 is 2.47 bits per heavy atom. The molecular formula is C12H23NO3S. The summed E-state index contributed by atoms with van der Waals surface area (Å²) in [7, 11) is -3.07. The summed E-state index contributed by atoms with van der Waals surface area (Å²) in [5, 5.41) is -0.323. The average Bonchev–Trinajstić information content (AvgIpc) is 2.30. The highest BCUT2D eigenvalue weighted by atomic mass is 32.2. The molecule has 4 nitrogen and oxygen atoms in total. The fraction of sp³-hybridized carbons (Fsp3) is 0.833. The Hall–Kier alpha value is -0.390. The van der Waals surface area contributed by atoms with Gasteiger partial charge in [0.15, 0.2) is 0 Å². The van der Waals surface area contributed by atoms with Crippen molar-refractivity contribution in [3.8, 4) is 0 Å². The fourth-order valence-corrected chi connectivity index (χ4v) is 3.26. The number of sulfonamides is 1. The quantitative estimate of drug-likeness (QED) is 0.539. The van der Waals surface area contributed by atoms with Crippen molar-refractivity contribution in [1.82, 2.24) is 4.31 Å². The molecule has 0 spiro atoms. The van der Waals surface area contributed by atoms with Crippen LogP contribution in [0.25, 0.3) is 0 Å². The van der Waals surface area contributed by atoms with Gasteiger partial charge in [-0.15, -0.1) is 6.58 Å². The third-order valence-corrected chi connectivity index (χ3v) is 5.39. The summed E-state index contributed by atoms with van der Waals surface area (Å²) in [6, 6.07) is 0. The van der Waals surface area contributed by atoms with E-state index in [1.807, 2.05) is 0 Å². The molecule has 1 heterocycles. The summed E-state index contributed by atoms with van der Waals surface area (Å²) in [6.07, 6.45) is 3.52. The van der Waals surface area contributed by atoms with Gasteiger partial charge < -0.3 is 4.74 Å². The first-order valence-electron chi connectivity index (χ1n) is 6.16. The van der Waals surface area contributed by atoms with Gasteiger partial charge in [0, 0.05) is 19.7 Å². The van der Waals surface area contributed by atoms with Crippen LogP contribution in [-0.2, 0) is 14.8 Å². The third-order valence-electron chi connectivity index (χ3n) is 3.12. The van der Waals surface area contributed by atoms with E-state index < -0.39 is 10.0 Å². The van der Waals surface area contributed by atoms with Crippen molar-refractivity contribution < 1.29 is 13.2 Å². The smallest absolute Gasteiger partial charge is 0.216 e. The van der Waals surface area contributed by atoms with Gasteiger partial charge in [0.2, 0.25) is 10.0 Å². The highest BCUT2D eigenvalue weighted by molar-refractivity contribution is 7.89. The Morgan fingerprint density at radius 2 is 2.00 bits per heavy atom. The third kappa shape index (κ3) is 4.08. The molecule has 0 bridgehead atoms. The van der Waals surface area contributed by atoms with Crippen LogP contribution in [-0.4, -0.2) is 44.3 Å². The lowest BCUT2D eigenvalue weighted by Gasteiger charge is -2.32. The molecule has 1 rings (SSSR count). The Kier molecular flexibility index (Phi) is 5.62. The molecule has 1 saturated heterocycles. The Labute approximate surface area is 105 Å². The zero-order valence-corrected chi connectivity index (χ0v) is 11.6. The minimum absolute atomic E-state index is 0.323. The fourth-order valence-electron chi connectivity index (χ4n) is 1.95. The largest absolute Gasteiger partial charge is 0.377 e. The van der Waals surface area contributed by atoms with Crippen LogP contribution in [0.2, 0.25) is 0 Å². The summed E-state index contributed by atoms with van der Waals surface area (Å²) in [5.41, 5.74) is 0. The Bertz CT molecular complexity index is 330. The lowest BCUT2D eigenvalue weighted by atomic mass is 9.99. The topological polar surface area (TPSA) is 46.6 Å². The standard InChI is InChI=1S/C12H23NO3S/c1-4-9-16-10-12-5-7-13(8-6-12)17(14,15)11(2)3/h4,11-12H,1,5-10H2,2-3H3. The van der Waals surface area contributed by atoms with Crippen LogP contribution in [0.1, 0.15) is 26.7 Å². The minimum atomic E-state index is -3.07. The van der Waals surface area contributed by atoms with Crippen molar-refractivity contribution in [1.29, 1.82) is 0 Å². The van der Waals surface area contributed by atoms with Crippen molar-refractivity contribution in [2.24, 2.45) is 5.92 Å². The zero-order chi connectivity index (χ0) is 12.9. The molecule has 0 aliphatic carbocycles. The molecule has 5 heteroatoms. The highest BCUT2D eigenvalue weighted by Crippen LogP contribution is 2.21. The lowest BCUT2D eigenvalue weighted by Crippen LogP contribution is -2.42. The zero-order valence-electron chi connectivity index (χ0n) is 10.8. The van der Waals surface area contributed by atoms with Crippen molar-refractivity contribution in [3.05, 3.63) is 12.7 Å². The van der Waals surface area contributed by atoms with E-state index in [1.165, 1.54) is 0 Å². The van der Waals surface area contributed by atoms with Gasteiger partial charge in [-0.3, -0.25) is 0 Å². The van der Waals surface area contributed by atoms with Crippen LogP contribution in [0.15, 0.2) is 12.7 Å². The first-order valence-corrected chi connectivity index (χ1v) is 7.66. The second-order valence-corrected chi connectivity index (χ2v) is 7.25. The molecule has 0 aromatic heterocycles. The predicted octanol–water partition coefficient (Wildman–Crippen LogP) is 1.64. The van der Waals surface area contributed by atoms with E-state index in [4.69, 9.17) is 4.74 Å². The molecular weight excluding hydrogens is 238 g/mol. The van der Waals surface area contributed by atoms with E-state index in [1.54, 1.807) is 24.2 Å². The van der Waals surface area contributed by atoms with Gasteiger partial charge in [-0.1, -0.05) is 6.08 Å². The number of rotatable bonds is 6. The van der Waals surface area contributed by atoms with Gasteiger partial charge in [-0.25, -0.2) is 12.7 Å². The van der Waals surface area contributed by atoms with Gasteiger partial charge >= 0.3 is 0 Å². The van der Waals surface area contributed by atoms with Crippen molar-refractivity contribution in [2.45, 2.75) is 31.9 Å². The van der Waals surface area contributed by atoms with E-state index in [0.717, 1.165) is 12.8 Å². The number of hydrogen-bond donors (Lipinski definition) is 0. The van der Waals surface area contributed by atoms with Crippen LogP contribution < -0.4 is 0 Å². The molecule has 1 aliphatic heterocycles. The molecule has 0 saturated carbocycles. The molecule has 0 radical (unpaired) electrons. The van der Waals surface area contributed by atoms with Crippen LogP contribution in [0.5, 0.6) is 0 Å². The lowest BCUT2D eigenvalue weighted by molar-refractivity contribution is 0.0981. The Morgan fingerprint density at radius 1 is 1.41 bits per heavy atom. The molecule has 0 unspecified atom stereocenters. The number of hydrogen-bond acceptors (Lipinski definition) is 3. The normalized spacial score (nSPS) is 19.7. The van der Waals surface area contributed by atoms with Crippen LogP contribution in [0, 0.1) is 5.92 Å². The molecule has 0 amide bonds. The molecule has 17 heavy (non-hydrogen) atoms. The summed E-state index contributed by atoms with van der Waals surface area (Å²) in [6.45, 7) is 9.60. The SMILES string of the molecule is C=CCOCC1CCN(S(=O)(=O)C(C)C)CC1. The van der Waals surface area contributed by atoms with Crippen LogP contribution in [0.4, 0.5) is 0 Å². The van der Waals surface area contributed by atoms with Crippen molar-refractivity contribution in [2.75, 3.05) is 26.3 Å². The summed E-state index contributed by atoms with van der Waals surface area (Å²) in [5.74, 6) is 0.480. The van der Waals surface area contributed by atoms with Gasteiger partial charge in [0.25, 0.3) is 0 Å². The Balaban J connectivity index is 2.38. The second-order valence-electron chi connectivity index (χ2n) is 4.76. The van der Waals surface area contributed by atoms with Crippen molar-refractivity contribution >= 4 is 10.0 Å². The molecule has 100 valence electrons. The molecule has 1 aliphatic rings. The van der Waals surface area contributed by atoms with E-state index >= 15 is 0 Å². The number of piperidine rings is 1. The first-order chi connectivity index (χ1) is 7.98. The van der Waals surface area contributed by atoms with Gasteiger partial charge in [0.05, 0.1) is 11.9 Å². The number of nitrogens with zero attached hydrogens (tertiary/aromatic N) is 1.